The average Bonchev–Trinajstić information content (AvgIpc) is 2.36. The van der Waals surface area contributed by atoms with Crippen LogP contribution in [0.5, 0.6) is 0 Å². The molecule has 0 saturated heterocycles. The Hall–Kier alpha value is -2.70. The molecule has 2 rings (SSSR count). The third-order valence-electron chi connectivity index (χ3n) is 2.82. The number of benzene rings is 1. The van der Waals surface area contributed by atoms with E-state index in [4.69, 9.17) is 5.11 Å². The summed E-state index contributed by atoms with van der Waals surface area (Å²) in [5.41, 5.74) is 0.729. The molecular weight excluding hydrogens is 262 g/mol. The second-order valence-corrected chi connectivity index (χ2v) is 4.43. The van der Waals surface area contributed by atoms with E-state index in [9.17, 15) is 14.9 Å². The van der Waals surface area contributed by atoms with Gasteiger partial charge in [-0.2, -0.15) is 0 Å². The van der Waals surface area contributed by atoms with Crippen LogP contribution < -0.4 is 5.32 Å². The molecule has 1 heterocycles. The number of aromatic nitrogens is 1. The van der Waals surface area contributed by atoms with Gasteiger partial charge in [0.05, 0.1) is 22.2 Å². The van der Waals surface area contributed by atoms with Gasteiger partial charge >= 0.3 is 11.7 Å². The van der Waals surface area contributed by atoms with Crippen LogP contribution >= 0.6 is 0 Å². The molecule has 2 N–H and O–H groups in total. The lowest BCUT2D eigenvalue weighted by molar-refractivity contribution is -0.382. The number of aliphatic carboxylic acids is 1. The Balaban J connectivity index is 2.45. The SMILES string of the molecule is CC(CC(=O)O)Nc1ccc2ncccc2c1[N+](=O)[O-]. The Morgan fingerprint density at radius 1 is 1.50 bits per heavy atom. The number of hydrogen-bond donors (Lipinski definition) is 2. The molecule has 1 atom stereocenters. The third kappa shape index (κ3) is 2.82. The second-order valence-electron chi connectivity index (χ2n) is 4.43. The molecule has 0 radical (unpaired) electrons. The molecule has 0 amide bonds. The summed E-state index contributed by atoms with van der Waals surface area (Å²) in [7, 11) is 0. The smallest absolute Gasteiger partial charge is 0.305 e. The number of carboxylic acid groups (broad SMARTS) is 1. The predicted octanol–water partition coefficient (Wildman–Crippen LogP) is 2.42. The van der Waals surface area contributed by atoms with Crippen molar-refractivity contribution < 1.29 is 14.8 Å². The highest BCUT2D eigenvalue weighted by molar-refractivity contribution is 5.94. The van der Waals surface area contributed by atoms with Gasteiger partial charge in [-0.15, -0.1) is 0 Å². The molecule has 7 nitrogen and oxygen atoms in total. The molecule has 0 aliphatic heterocycles. The summed E-state index contributed by atoms with van der Waals surface area (Å²) >= 11 is 0. The van der Waals surface area contributed by atoms with Crippen molar-refractivity contribution in [2.45, 2.75) is 19.4 Å². The van der Waals surface area contributed by atoms with E-state index in [2.05, 4.69) is 10.3 Å². The van der Waals surface area contributed by atoms with Crippen LogP contribution in [0.3, 0.4) is 0 Å². The Labute approximate surface area is 114 Å². The molecule has 1 aromatic carbocycles. The molecule has 0 spiro atoms. The molecule has 1 unspecified atom stereocenters. The zero-order valence-corrected chi connectivity index (χ0v) is 10.7. The van der Waals surface area contributed by atoms with E-state index < -0.39 is 16.9 Å². The van der Waals surface area contributed by atoms with E-state index in [1.165, 1.54) is 0 Å². The monoisotopic (exact) mass is 275 g/mol. The summed E-state index contributed by atoms with van der Waals surface area (Å²) in [4.78, 5) is 25.5. The second kappa shape index (κ2) is 5.52. The normalized spacial score (nSPS) is 12.1. The summed E-state index contributed by atoms with van der Waals surface area (Å²) in [6.07, 6.45) is 1.44. The van der Waals surface area contributed by atoms with Gasteiger partial charge in [-0.05, 0) is 31.2 Å². The molecule has 0 aliphatic rings. The van der Waals surface area contributed by atoms with Gasteiger partial charge in [-0.25, -0.2) is 0 Å². The largest absolute Gasteiger partial charge is 0.481 e. The van der Waals surface area contributed by atoms with Crippen LogP contribution in [0.4, 0.5) is 11.4 Å². The Morgan fingerprint density at radius 3 is 2.90 bits per heavy atom. The van der Waals surface area contributed by atoms with Crippen LogP contribution in [-0.4, -0.2) is 27.0 Å². The quantitative estimate of drug-likeness (QED) is 0.641. The molecule has 20 heavy (non-hydrogen) atoms. The van der Waals surface area contributed by atoms with E-state index in [-0.39, 0.29) is 12.1 Å². The maximum Gasteiger partial charge on any atom is 0.305 e. The maximum absolute atomic E-state index is 11.3. The van der Waals surface area contributed by atoms with Crippen LogP contribution in [0.25, 0.3) is 10.9 Å². The van der Waals surface area contributed by atoms with Crippen molar-refractivity contribution in [2.75, 3.05) is 5.32 Å². The first-order chi connectivity index (χ1) is 9.49. The number of nitrogens with zero attached hydrogens (tertiary/aromatic N) is 2. The van der Waals surface area contributed by atoms with E-state index >= 15 is 0 Å². The fourth-order valence-corrected chi connectivity index (χ4v) is 2.03. The van der Waals surface area contributed by atoms with Crippen molar-refractivity contribution in [3.63, 3.8) is 0 Å². The summed E-state index contributed by atoms with van der Waals surface area (Å²) in [6, 6.07) is 6.04. The fourth-order valence-electron chi connectivity index (χ4n) is 2.03. The average molecular weight is 275 g/mol. The van der Waals surface area contributed by atoms with Gasteiger partial charge in [-0.3, -0.25) is 19.9 Å². The molecule has 1 aromatic heterocycles. The third-order valence-corrected chi connectivity index (χ3v) is 2.82. The first-order valence-corrected chi connectivity index (χ1v) is 5.99. The van der Waals surface area contributed by atoms with Crippen LogP contribution in [0.2, 0.25) is 0 Å². The topological polar surface area (TPSA) is 105 Å². The molecule has 104 valence electrons. The van der Waals surface area contributed by atoms with Gasteiger partial charge in [0.2, 0.25) is 0 Å². The molecular formula is C13H13N3O4. The number of nitro benzene ring substituents is 1. The lowest BCUT2D eigenvalue weighted by Gasteiger charge is -2.14. The van der Waals surface area contributed by atoms with Crippen LogP contribution in [0.1, 0.15) is 13.3 Å². The zero-order chi connectivity index (χ0) is 14.7. The lowest BCUT2D eigenvalue weighted by atomic mass is 10.1. The van der Waals surface area contributed by atoms with Crippen molar-refractivity contribution in [3.8, 4) is 0 Å². The fraction of sp³-hybridized carbons (Fsp3) is 0.231. The Bertz CT molecular complexity index is 672. The molecule has 0 fully saturated rings. The summed E-state index contributed by atoms with van der Waals surface area (Å²) < 4.78 is 0. The first-order valence-electron chi connectivity index (χ1n) is 5.99. The van der Waals surface area contributed by atoms with Crippen molar-refractivity contribution in [2.24, 2.45) is 0 Å². The van der Waals surface area contributed by atoms with Crippen molar-refractivity contribution in [3.05, 3.63) is 40.6 Å². The van der Waals surface area contributed by atoms with Crippen LogP contribution in [-0.2, 0) is 4.79 Å². The van der Waals surface area contributed by atoms with Gasteiger partial charge in [0.15, 0.2) is 0 Å². The van der Waals surface area contributed by atoms with Gasteiger partial charge in [0.25, 0.3) is 0 Å². The highest BCUT2D eigenvalue weighted by atomic mass is 16.6. The molecule has 0 saturated carbocycles. The zero-order valence-electron chi connectivity index (χ0n) is 10.7. The number of rotatable bonds is 5. The number of hydrogen-bond acceptors (Lipinski definition) is 5. The number of nitrogens with one attached hydrogen (secondary N) is 1. The van der Waals surface area contributed by atoms with Crippen molar-refractivity contribution in [1.82, 2.24) is 4.98 Å². The van der Waals surface area contributed by atoms with Crippen LogP contribution in [0.15, 0.2) is 30.5 Å². The van der Waals surface area contributed by atoms with E-state index in [0.29, 0.717) is 16.6 Å². The van der Waals surface area contributed by atoms with Gasteiger partial charge < -0.3 is 10.4 Å². The van der Waals surface area contributed by atoms with Gasteiger partial charge in [0.1, 0.15) is 5.69 Å². The predicted molar refractivity (Wildman–Crippen MR) is 73.7 cm³/mol. The first kappa shape index (κ1) is 13.7. The summed E-state index contributed by atoms with van der Waals surface area (Å²) in [5, 5.41) is 23.3. The minimum atomic E-state index is -0.963. The van der Waals surface area contributed by atoms with Gasteiger partial charge in [0, 0.05) is 12.2 Å². The number of anilines is 1. The highest BCUT2D eigenvalue weighted by Gasteiger charge is 2.20. The summed E-state index contributed by atoms with van der Waals surface area (Å²) in [5.74, 6) is -0.963. The lowest BCUT2D eigenvalue weighted by Crippen LogP contribution is -2.19. The maximum atomic E-state index is 11.3. The van der Waals surface area contributed by atoms with Crippen molar-refractivity contribution in [1.29, 1.82) is 0 Å². The summed E-state index contributed by atoms with van der Waals surface area (Å²) in [6.45, 7) is 1.66. The van der Waals surface area contributed by atoms with E-state index in [0.717, 1.165) is 0 Å². The van der Waals surface area contributed by atoms with Crippen LogP contribution in [0, 0.1) is 10.1 Å². The Morgan fingerprint density at radius 2 is 2.25 bits per heavy atom. The number of fused-ring (bicyclic) bond motifs is 1. The molecule has 2 aromatic rings. The standard InChI is InChI=1S/C13H13N3O4/c1-8(7-12(17)18)15-11-5-4-10-9(3-2-6-14-10)13(11)16(19)20/h2-6,8,15H,7H2,1H3,(H,17,18). The Kier molecular flexibility index (Phi) is 3.79. The van der Waals surface area contributed by atoms with E-state index in [1.54, 1.807) is 37.4 Å². The molecule has 0 aliphatic carbocycles. The number of pyridine rings is 1. The molecule has 7 heteroatoms. The number of carboxylic acids is 1. The number of carbonyl (C=O) groups is 1. The van der Waals surface area contributed by atoms with Crippen molar-refractivity contribution >= 4 is 28.2 Å². The minimum Gasteiger partial charge on any atom is -0.481 e. The van der Waals surface area contributed by atoms with E-state index in [1.807, 2.05) is 0 Å². The molecule has 0 bridgehead atoms. The highest BCUT2D eigenvalue weighted by Crippen LogP contribution is 2.32. The minimum absolute atomic E-state index is 0.0900. The van der Waals surface area contributed by atoms with Gasteiger partial charge in [-0.1, -0.05) is 0 Å². The number of nitro groups is 1.